The highest BCUT2D eigenvalue weighted by molar-refractivity contribution is 6.32. The third-order valence-corrected chi connectivity index (χ3v) is 4.36. The zero-order valence-corrected chi connectivity index (χ0v) is 13.2. The topological polar surface area (TPSA) is 54.0 Å². The maximum atomic E-state index is 6.31. The number of nitrogens with one attached hydrogen (secondary N) is 1. The Morgan fingerprint density at radius 3 is 2.86 bits per heavy atom. The van der Waals surface area contributed by atoms with E-state index >= 15 is 0 Å². The van der Waals surface area contributed by atoms with E-state index in [4.69, 9.17) is 16.3 Å². The van der Waals surface area contributed by atoms with Gasteiger partial charge in [0.2, 0.25) is 0 Å². The first-order valence-electron chi connectivity index (χ1n) is 7.03. The van der Waals surface area contributed by atoms with Crippen molar-refractivity contribution in [2.75, 3.05) is 18.6 Å². The molecule has 0 radical (unpaired) electrons. The van der Waals surface area contributed by atoms with Crippen LogP contribution in [0.5, 0.6) is 0 Å². The van der Waals surface area contributed by atoms with Crippen LogP contribution in [0.15, 0.2) is 18.3 Å². The second-order valence-corrected chi connectivity index (χ2v) is 5.81. The molecule has 1 fully saturated rings. The number of nitrogens with zero attached hydrogens (tertiary/aromatic N) is 3. The van der Waals surface area contributed by atoms with Gasteiger partial charge in [0.1, 0.15) is 11.6 Å². The molecule has 1 aliphatic rings. The number of aryl methyl sites for hydroxylation is 2. The van der Waals surface area contributed by atoms with Gasteiger partial charge in [0, 0.05) is 32.0 Å². The van der Waals surface area contributed by atoms with Gasteiger partial charge in [-0.2, -0.15) is 0 Å². The number of H-pyrrole nitrogens is 1. The number of hydrogen-bond donors (Lipinski definition) is 1. The van der Waals surface area contributed by atoms with Crippen LogP contribution in [-0.2, 0) is 4.74 Å². The van der Waals surface area contributed by atoms with E-state index in [0.717, 1.165) is 36.0 Å². The van der Waals surface area contributed by atoms with Gasteiger partial charge in [-0.3, -0.25) is 0 Å². The van der Waals surface area contributed by atoms with Gasteiger partial charge in [-0.1, -0.05) is 11.6 Å². The molecule has 21 heavy (non-hydrogen) atoms. The summed E-state index contributed by atoms with van der Waals surface area (Å²) in [6.45, 7) is 4.81. The minimum atomic E-state index is 0.106. The lowest BCUT2D eigenvalue weighted by Crippen LogP contribution is -2.26. The van der Waals surface area contributed by atoms with Crippen LogP contribution in [0, 0.1) is 13.8 Å². The average Bonchev–Trinajstić information content (AvgIpc) is 3.04. The molecule has 1 N–H and O–H groups in total. The summed E-state index contributed by atoms with van der Waals surface area (Å²) < 4.78 is 5.54. The Hall–Kier alpha value is -1.59. The summed E-state index contributed by atoms with van der Waals surface area (Å²) >= 11 is 6.31. The van der Waals surface area contributed by atoms with Crippen molar-refractivity contribution >= 4 is 17.4 Å². The molecule has 2 aromatic rings. The summed E-state index contributed by atoms with van der Waals surface area (Å²) in [5.74, 6) is 1.74. The van der Waals surface area contributed by atoms with E-state index in [9.17, 15) is 0 Å². The summed E-state index contributed by atoms with van der Waals surface area (Å²) in [4.78, 5) is 14.6. The highest BCUT2D eigenvalue weighted by Gasteiger charge is 2.36. The largest absolute Gasteiger partial charge is 0.380 e. The molecule has 3 heterocycles. The van der Waals surface area contributed by atoms with Crippen LogP contribution in [0.1, 0.15) is 29.7 Å². The lowest BCUT2D eigenvalue weighted by Gasteiger charge is -2.24. The van der Waals surface area contributed by atoms with Crippen LogP contribution < -0.4 is 4.90 Å². The van der Waals surface area contributed by atoms with Gasteiger partial charge in [-0.25, -0.2) is 9.97 Å². The second kappa shape index (κ2) is 5.66. The molecule has 5 nitrogen and oxygen atoms in total. The van der Waals surface area contributed by atoms with E-state index in [0.29, 0.717) is 5.02 Å². The first kappa shape index (κ1) is 14.4. The van der Waals surface area contributed by atoms with E-state index in [2.05, 4.69) is 19.9 Å². The van der Waals surface area contributed by atoms with Gasteiger partial charge in [-0.15, -0.1) is 0 Å². The van der Waals surface area contributed by atoms with Gasteiger partial charge < -0.3 is 14.6 Å². The number of aromatic amines is 1. The zero-order chi connectivity index (χ0) is 15.0. The summed E-state index contributed by atoms with van der Waals surface area (Å²) in [6, 6.07) is 3.81. The minimum absolute atomic E-state index is 0.106. The highest BCUT2D eigenvalue weighted by Crippen LogP contribution is 2.38. The van der Waals surface area contributed by atoms with Gasteiger partial charge in [0.25, 0.3) is 0 Å². The van der Waals surface area contributed by atoms with E-state index in [1.165, 1.54) is 0 Å². The molecule has 0 bridgehead atoms. The number of pyridine rings is 1. The molecule has 2 atom stereocenters. The number of imidazole rings is 1. The van der Waals surface area contributed by atoms with Crippen LogP contribution in [0.3, 0.4) is 0 Å². The summed E-state index contributed by atoms with van der Waals surface area (Å²) in [5.41, 5.74) is 2.12. The minimum Gasteiger partial charge on any atom is -0.380 e. The summed E-state index contributed by atoms with van der Waals surface area (Å²) in [5, 5.41) is 0.652. The van der Waals surface area contributed by atoms with E-state index < -0.39 is 0 Å². The summed E-state index contributed by atoms with van der Waals surface area (Å²) in [7, 11) is 1.74. The third kappa shape index (κ3) is 2.63. The summed E-state index contributed by atoms with van der Waals surface area (Å²) in [6.07, 6.45) is 2.78. The van der Waals surface area contributed by atoms with Crippen molar-refractivity contribution in [3.63, 3.8) is 0 Å². The smallest absolute Gasteiger partial charge is 0.148 e. The fraction of sp³-hybridized carbons (Fsp3) is 0.467. The fourth-order valence-corrected chi connectivity index (χ4v) is 3.01. The quantitative estimate of drug-likeness (QED) is 0.947. The Labute approximate surface area is 129 Å². The van der Waals surface area contributed by atoms with Crippen molar-refractivity contribution in [3.8, 4) is 0 Å². The van der Waals surface area contributed by atoms with Crippen molar-refractivity contribution in [3.05, 3.63) is 40.6 Å². The number of ether oxygens (including phenoxy) is 1. The molecule has 0 amide bonds. The van der Waals surface area contributed by atoms with Gasteiger partial charge >= 0.3 is 0 Å². The Kier molecular flexibility index (Phi) is 3.87. The maximum Gasteiger partial charge on any atom is 0.148 e. The molecule has 3 rings (SSSR count). The fourth-order valence-electron chi connectivity index (χ4n) is 2.78. The van der Waals surface area contributed by atoms with Crippen molar-refractivity contribution in [1.82, 2.24) is 15.0 Å². The molecule has 0 aromatic carbocycles. The van der Waals surface area contributed by atoms with E-state index in [1.807, 2.05) is 26.0 Å². The van der Waals surface area contributed by atoms with Crippen LogP contribution in [0.2, 0.25) is 5.02 Å². The number of aromatic nitrogens is 3. The lowest BCUT2D eigenvalue weighted by molar-refractivity contribution is 0.118. The molecular weight excluding hydrogens is 288 g/mol. The van der Waals surface area contributed by atoms with Crippen LogP contribution in [0.4, 0.5) is 5.82 Å². The third-order valence-electron chi connectivity index (χ3n) is 4.07. The Morgan fingerprint density at radius 2 is 2.24 bits per heavy atom. The van der Waals surface area contributed by atoms with Crippen LogP contribution in [-0.4, -0.2) is 34.7 Å². The number of rotatable bonds is 3. The first-order valence-corrected chi connectivity index (χ1v) is 7.41. The van der Waals surface area contributed by atoms with Crippen LogP contribution in [0.25, 0.3) is 0 Å². The van der Waals surface area contributed by atoms with Crippen molar-refractivity contribution < 1.29 is 4.74 Å². The predicted octanol–water partition coefficient (Wildman–Crippen LogP) is 3.04. The highest BCUT2D eigenvalue weighted by atomic mass is 35.5. The van der Waals surface area contributed by atoms with E-state index in [1.54, 1.807) is 13.3 Å². The molecule has 6 heteroatoms. The first-order chi connectivity index (χ1) is 10.1. The lowest BCUT2D eigenvalue weighted by atomic mass is 10.2. The molecule has 0 spiro atoms. The average molecular weight is 307 g/mol. The molecule has 1 saturated heterocycles. The number of hydrogen-bond acceptors (Lipinski definition) is 4. The monoisotopic (exact) mass is 306 g/mol. The van der Waals surface area contributed by atoms with Gasteiger partial charge in [-0.05, 0) is 26.0 Å². The second-order valence-electron chi connectivity index (χ2n) is 5.40. The predicted molar refractivity (Wildman–Crippen MR) is 82.8 cm³/mol. The zero-order valence-electron chi connectivity index (χ0n) is 12.4. The molecule has 2 aromatic heterocycles. The Balaban J connectivity index is 1.98. The maximum absolute atomic E-state index is 6.31. The number of halogens is 1. The number of methoxy groups -OCH3 is 1. The number of anilines is 1. The molecule has 0 saturated carbocycles. The Bertz CT molecular complexity index is 623. The van der Waals surface area contributed by atoms with Gasteiger partial charge in [0.05, 0.1) is 22.9 Å². The SMILES string of the molecule is CO[C@@H]1C[C@@H](c2nc(C)c(C)[nH]2)N(c2ncccc2Cl)C1. The van der Waals surface area contributed by atoms with Gasteiger partial charge in [0.15, 0.2) is 0 Å². The Morgan fingerprint density at radius 1 is 1.43 bits per heavy atom. The molecule has 112 valence electrons. The normalized spacial score (nSPS) is 22.0. The molecule has 1 aliphatic heterocycles. The van der Waals surface area contributed by atoms with Crippen LogP contribution >= 0.6 is 11.6 Å². The van der Waals surface area contributed by atoms with Crippen molar-refractivity contribution in [2.24, 2.45) is 0 Å². The molecular formula is C15H19ClN4O. The standard InChI is InChI=1S/C15H19ClN4O/c1-9-10(2)19-14(18-9)13-7-11(21-3)8-20(13)15-12(16)5-4-6-17-15/h4-6,11,13H,7-8H2,1-3H3,(H,18,19)/t11-,13+/m1/s1. The van der Waals surface area contributed by atoms with E-state index in [-0.39, 0.29) is 12.1 Å². The molecule has 0 aliphatic carbocycles. The molecule has 0 unspecified atom stereocenters. The van der Waals surface area contributed by atoms with Crippen molar-refractivity contribution in [2.45, 2.75) is 32.4 Å². The van der Waals surface area contributed by atoms with Crippen molar-refractivity contribution in [1.29, 1.82) is 0 Å².